The Morgan fingerprint density at radius 1 is 0.786 bits per heavy atom. The van der Waals surface area contributed by atoms with Crippen LogP contribution in [0.4, 0.5) is 17.1 Å². The van der Waals surface area contributed by atoms with Gasteiger partial charge in [0.2, 0.25) is 0 Å². The number of nitrogens with zero attached hydrogens (tertiary/aromatic N) is 5. The van der Waals surface area contributed by atoms with Crippen molar-refractivity contribution in [1.29, 1.82) is 0 Å². The van der Waals surface area contributed by atoms with E-state index in [1.165, 1.54) is 48.9 Å². The van der Waals surface area contributed by atoms with E-state index < -0.39 is 16.7 Å². The predicted octanol–water partition coefficient (Wildman–Crippen LogP) is 2.00. The number of hydrogen-bond donors (Lipinski definition) is 3. The third-order valence-electron chi connectivity index (χ3n) is 5.97. The minimum atomic E-state index is -0.639. The van der Waals surface area contributed by atoms with Crippen LogP contribution in [0.3, 0.4) is 0 Å². The molecule has 3 heterocycles. The second kappa shape index (κ2) is 14.9. The highest BCUT2D eigenvalue weighted by Gasteiger charge is 2.22. The third kappa shape index (κ3) is 8.26. The number of carbonyl (C=O) groups is 3. The summed E-state index contributed by atoms with van der Waals surface area (Å²) in [4.78, 5) is 51.7. The molecule has 0 saturated heterocycles. The van der Waals surface area contributed by atoms with Gasteiger partial charge in [0.25, 0.3) is 23.4 Å². The summed E-state index contributed by atoms with van der Waals surface area (Å²) in [5.74, 6) is -1.48. The van der Waals surface area contributed by atoms with Crippen LogP contribution in [0.15, 0.2) is 36.8 Å². The van der Waals surface area contributed by atoms with Gasteiger partial charge in [0.15, 0.2) is 0 Å². The summed E-state index contributed by atoms with van der Waals surface area (Å²) in [6, 6.07) is 4.12. The van der Waals surface area contributed by atoms with Gasteiger partial charge < -0.3 is 48.8 Å². The monoisotopic (exact) mass is 588 g/mol. The first-order valence-electron chi connectivity index (χ1n) is 12.8. The highest BCUT2D eigenvalue weighted by molar-refractivity contribution is 6.07. The van der Waals surface area contributed by atoms with Gasteiger partial charge in [0, 0.05) is 46.3 Å². The van der Waals surface area contributed by atoms with Crippen molar-refractivity contribution in [3.8, 4) is 0 Å². The van der Waals surface area contributed by atoms with Gasteiger partial charge in [-0.15, -0.1) is 0 Å². The van der Waals surface area contributed by atoms with E-state index in [9.17, 15) is 24.5 Å². The van der Waals surface area contributed by atoms with Crippen LogP contribution in [0.2, 0.25) is 0 Å². The maximum Gasteiger partial charge on any atom is 0.287 e. The Morgan fingerprint density at radius 3 is 1.69 bits per heavy atom. The van der Waals surface area contributed by atoms with Crippen molar-refractivity contribution in [2.75, 3.05) is 59.1 Å². The van der Waals surface area contributed by atoms with Crippen molar-refractivity contribution in [2.24, 2.45) is 0 Å². The Labute approximate surface area is 242 Å². The molecule has 0 spiro atoms. The molecule has 0 aliphatic carbocycles. The first kappa shape index (κ1) is 32.0. The molecule has 0 aliphatic heterocycles. The Balaban J connectivity index is 1.78. The van der Waals surface area contributed by atoms with Gasteiger partial charge in [0.05, 0.1) is 22.5 Å². The van der Waals surface area contributed by atoms with Gasteiger partial charge in [-0.05, 0) is 39.2 Å². The maximum atomic E-state index is 13.3. The van der Waals surface area contributed by atoms with Crippen LogP contribution >= 0.6 is 0 Å². The summed E-state index contributed by atoms with van der Waals surface area (Å²) >= 11 is 0. The minimum absolute atomic E-state index is 0.000969. The van der Waals surface area contributed by atoms with Gasteiger partial charge in [-0.25, -0.2) is 0 Å². The second-order valence-electron chi connectivity index (χ2n) is 9.55. The van der Waals surface area contributed by atoms with Crippen LogP contribution in [-0.4, -0.2) is 89.8 Å². The molecule has 0 unspecified atom stereocenters. The summed E-state index contributed by atoms with van der Waals surface area (Å²) in [7, 11) is 8.25. The molecule has 3 N–H and O–H groups in total. The van der Waals surface area contributed by atoms with Crippen molar-refractivity contribution >= 4 is 34.8 Å². The predicted molar refractivity (Wildman–Crippen MR) is 152 cm³/mol. The van der Waals surface area contributed by atoms with Gasteiger partial charge in [-0.3, -0.25) is 24.5 Å². The molecule has 42 heavy (non-hydrogen) atoms. The molecule has 3 aromatic rings. The van der Waals surface area contributed by atoms with Crippen LogP contribution < -0.4 is 16.0 Å². The number of nitro groups is 1. The van der Waals surface area contributed by atoms with E-state index in [2.05, 4.69) is 16.0 Å². The summed E-state index contributed by atoms with van der Waals surface area (Å²) in [5.41, 5.74) is 0.808. The van der Waals surface area contributed by atoms with Crippen LogP contribution in [0.5, 0.6) is 0 Å². The minimum Gasteiger partial charge on any atom is -0.364 e. The molecule has 3 amide bonds. The highest BCUT2D eigenvalue weighted by Crippen LogP contribution is 2.22. The smallest absolute Gasteiger partial charge is 0.287 e. The van der Waals surface area contributed by atoms with Crippen LogP contribution in [-0.2, 0) is 34.4 Å². The number of methoxy groups -OCH3 is 3. The van der Waals surface area contributed by atoms with E-state index in [0.717, 1.165) is 19.0 Å². The normalized spacial score (nSPS) is 11.1. The van der Waals surface area contributed by atoms with Crippen LogP contribution in [0.1, 0.15) is 37.9 Å². The molecule has 0 atom stereocenters. The summed E-state index contributed by atoms with van der Waals surface area (Å²) < 4.78 is 19.8. The van der Waals surface area contributed by atoms with Crippen LogP contribution in [0.25, 0.3) is 0 Å². The zero-order valence-electron chi connectivity index (χ0n) is 24.2. The first-order valence-corrected chi connectivity index (χ1v) is 12.8. The van der Waals surface area contributed by atoms with Gasteiger partial charge in [0.1, 0.15) is 37.3 Å². The number of amides is 3. The van der Waals surface area contributed by atoms with Crippen molar-refractivity contribution in [3.63, 3.8) is 0 Å². The number of nitrogens with one attached hydrogen (secondary N) is 3. The second-order valence-corrected chi connectivity index (χ2v) is 9.55. The molecule has 0 bridgehead atoms. The lowest BCUT2D eigenvalue weighted by Crippen LogP contribution is -2.28. The van der Waals surface area contributed by atoms with Crippen LogP contribution in [0, 0.1) is 10.1 Å². The molecule has 0 aromatic carbocycles. The molecule has 0 saturated carbocycles. The number of hydrogen-bond acceptors (Lipinski definition) is 9. The van der Waals surface area contributed by atoms with E-state index >= 15 is 0 Å². The molecule has 228 valence electrons. The van der Waals surface area contributed by atoms with E-state index in [0.29, 0.717) is 17.9 Å². The number of aromatic nitrogens is 3. The Hall–Kier alpha value is -4.51. The SMILES string of the molecule is COCn1cc(NC(=O)c2cc(NC(=O)c3cc([N+](=O)[O-])cn3COC)cn2COC)cc1C(=O)NCCCN(C)C. The number of anilines is 2. The lowest BCUT2D eigenvalue weighted by Gasteiger charge is -2.11. The van der Waals surface area contributed by atoms with Gasteiger partial charge >= 0.3 is 0 Å². The maximum absolute atomic E-state index is 13.3. The Kier molecular flexibility index (Phi) is 11.4. The number of ether oxygens (including phenoxy) is 3. The Morgan fingerprint density at radius 2 is 1.24 bits per heavy atom. The topological polar surface area (TPSA) is 176 Å². The molecule has 16 heteroatoms. The van der Waals surface area contributed by atoms with E-state index in [4.69, 9.17) is 14.2 Å². The fourth-order valence-corrected chi connectivity index (χ4v) is 4.14. The average Bonchev–Trinajstić information content (AvgIpc) is 3.64. The van der Waals surface area contributed by atoms with E-state index in [1.807, 2.05) is 19.0 Å². The molecule has 0 aliphatic rings. The van der Waals surface area contributed by atoms with Gasteiger partial charge in [-0.1, -0.05) is 0 Å². The van der Waals surface area contributed by atoms with Crippen molar-refractivity contribution in [3.05, 3.63) is 64.0 Å². The zero-order chi connectivity index (χ0) is 30.8. The standard InChI is InChI=1S/C26H36N8O8/c1-30(2)8-6-7-27-24(35)21-9-18(12-31(21)15-40-3)28-25(36)22-10-19(13-32(22)16-41-4)29-26(37)23-11-20(34(38)39)14-33(23)17-42-5/h9-14H,6-8,15-17H2,1-5H3,(H,27,35)(H,28,36)(H,29,37). The summed E-state index contributed by atoms with van der Waals surface area (Å²) in [6.07, 6.45) is 5.05. The number of carbonyl (C=O) groups excluding carboxylic acids is 3. The first-order chi connectivity index (χ1) is 20.1. The van der Waals surface area contributed by atoms with Crippen molar-refractivity contribution < 1.29 is 33.5 Å². The van der Waals surface area contributed by atoms with E-state index in [-0.39, 0.29) is 48.9 Å². The van der Waals surface area contributed by atoms with E-state index in [1.54, 1.807) is 16.8 Å². The largest absolute Gasteiger partial charge is 0.364 e. The highest BCUT2D eigenvalue weighted by atomic mass is 16.6. The fraction of sp³-hybridized carbons (Fsp3) is 0.423. The lowest BCUT2D eigenvalue weighted by atomic mass is 10.3. The molecule has 3 rings (SSSR count). The zero-order valence-corrected chi connectivity index (χ0v) is 24.2. The molecule has 3 aromatic heterocycles. The lowest BCUT2D eigenvalue weighted by molar-refractivity contribution is -0.384. The quantitative estimate of drug-likeness (QED) is 0.128. The average molecular weight is 589 g/mol. The third-order valence-corrected chi connectivity index (χ3v) is 5.97. The molecule has 16 nitrogen and oxygen atoms in total. The van der Waals surface area contributed by atoms with Crippen molar-refractivity contribution in [2.45, 2.75) is 26.6 Å². The Bertz CT molecular complexity index is 1410. The fourth-order valence-electron chi connectivity index (χ4n) is 4.14. The van der Waals surface area contributed by atoms with Gasteiger partial charge in [-0.2, -0.15) is 0 Å². The molecular weight excluding hydrogens is 552 g/mol. The summed E-state index contributed by atoms with van der Waals surface area (Å²) in [6.45, 7) is 1.32. The number of rotatable bonds is 16. The van der Waals surface area contributed by atoms with Crippen molar-refractivity contribution in [1.82, 2.24) is 23.9 Å². The molecule has 0 fully saturated rings. The molecular formula is C26H36N8O8. The summed E-state index contributed by atoms with van der Waals surface area (Å²) in [5, 5.41) is 19.5. The molecule has 0 radical (unpaired) electrons.